The number of halogens is 1. The Morgan fingerprint density at radius 3 is 2.65 bits per heavy atom. The quantitative estimate of drug-likeness (QED) is 0.412. The summed E-state index contributed by atoms with van der Waals surface area (Å²) in [6.07, 6.45) is 1.97. The van der Waals surface area contributed by atoms with Gasteiger partial charge in [0.25, 0.3) is 0 Å². The fourth-order valence-corrected chi connectivity index (χ4v) is 2.39. The molecule has 20 heavy (non-hydrogen) atoms. The number of nitrogens with one attached hydrogen (secondary N) is 1. The summed E-state index contributed by atoms with van der Waals surface area (Å²) in [5, 5.41) is 6.47. The lowest BCUT2D eigenvalue weighted by Gasteiger charge is -2.05. The topological polar surface area (TPSA) is 63.3 Å². The molecule has 0 radical (unpaired) electrons. The van der Waals surface area contributed by atoms with Crippen LogP contribution in [0.2, 0.25) is 0 Å². The predicted octanol–water partition coefficient (Wildman–Crippen LogP) is 3.38. The lowest BCUT2D eigenvalue weighted by Crippen LogP contribution is -2.33. The molecule has 1 rings (SSSR count). The van der Waals surface area contributed by atoms with Crippen molar-refractivity contribution in [2.24, 2.45) is 16.6 Å². The van der Waals surface area contributed by atoms with Crippen molar-refractivity contribution < 1.29 is 0 Å². The minimum atomic E-state index is 0. The third kappa shape index (κ3) is 8.04. The molecule has 0 spiro atoms. The molecule has 1 aromatic rings. The molecule has 0 aliphatic carbocycles. The molecule has 0 amide bonds. The van der Waals surface area contributed by atoms with Crippen LogP contribution >= 0.6 is 35.3 Å². The molecule has 0 saturated heterocycles. The molecule has 0 unspecified atom stereocenters. The van der Waals surface area contributed by atoms with Crippen LogP contribution < -0.4 is 11.1 Å². The van der Waals surface area contributed by atoms with Gasteiger partial charge in [-0.2, -0.15) is 0 Å². The minimum Gasteiger partial charge on any atom is -0.370 e. The van der Waals surface area contributed by atoms with E-state index in [0.29, 0.717) is 17.8 Å². The van der Waals surface area contributed by atoms with Crippen LogP contribution in [0.3, 0.4) is 0 Å². The van der Waals surface area contributed by atoms with E-state index < -0.39 is 0 Å². The van der Waals surface area contributed by atoms with Crippen LogP contribution in [-0.2, 0) is 6.42 Å². The van der Waals surface area contributed by atoms with Crippen molar-refractivity contribution in [1.29, 1.82) is 0 Å². The van der Waals surface area contributed by atoms with Crippen molar-refractivity contribution in [3.8, 4) is 0 Å². The molecule has 0 fully saturated rings. The third-order valence-corrected chi connectivity index (χ3v) is 3.93. The van der Waals surface area contributed by atoms with Gasteiger partial charge in [0.15, 0.2) is 5.96 Å². The van der Waals surface area contributed by atoms with Crippen molar-refractivity contribution >= 4 is 41.3 Å². The van der Waals surface area contributed by atoms with Crippen LogP contribution in [0.5, 0.6) is 0 Å². The van der Waals surface area contributed by atoms with Gasteiger partial charge in [-0.15, -0.1) is 35.3 Å². The SMILES string of the molecule is CC(C)CCN=C(N)NCCc1csc(C(C)C)n1.I. The zero-order valence-electron chi connectivity index (χ0n) is 12.8. The van der Waals surface area contributed by atoms with E-state index in [9.17, 15) is 0 Å². The Hall–Kier alpha value is -0.370. The van der Waals surface area contributed by atoms with E-state index in [0.717, 1.165) is 31.6 Å². The average molecular weight is 410 g/mol. The summed E-state index contributed by atoms with van der Waals surface area (Å²) in [6.45, 7) is 10.3. The summed E-state index contributed by atoms with van der Waals surface area (Å²) in [5.74, 6) is 1.72. The summed E-state index contributed by atoms with van der Waals surface area (Å²) < 4.78 is 0. The number of nitrogens with two attached hydrogens (primary N) is 1. The van der Waals surface area contributed by atoms with Crippen molar-refractivity contribution in [2.75, 3.05) is 13.1 Å². The first kappa shape index (κ1) is 19.6. The lowest BCUT2D eigenvalue weighted by molar-refractivity contribution is 0.595. The highest BCUT2D eigenvalue weighted by Gasteiger charge is 2.05. The second-order valence-electron chi connectivity index (χ2n) is 5.46. The number of aromatic nitrogens is 1. The van der Waals surface area contributed by atoms with E-state index in [1.807, 2.05) is 0 Å². The van der Waals surface area contributed by atoms with Crippen LogP contribution in [0.1, 0.15) is 50.7 Å². The largest absolute Gasteiger partial charge is 0.370 e. The van der Waals surface area contributed by atoms with E-state index in [-0.39, 0.29) is 24.0 Å². The lowest BCUT2D eigenvalue weighted by atomic mass is 10.1. The standard InChI is InChI=1S/C14H26N4S.HI/c1-10(2)5-7-16-14(15)17-8-6-12-9-19-13(18-12)11(3)4;/h9-11H,5-8H2,1-4H3,(H3,15,16,17);1H. The van der Waals surface area contributed by atoms with Crippen LogP contribution in [0, 0.1) is 5.92 Å². The number of aliphatic imine (C=N–C) groups is 1. The van der Waals surface area contributed by atoms with Crippen LogP contribution in [0.4, 0.5) is 0 Å². The van der Waals surface area contributed by atoms with Crippen LogP contribution in [-0.4, -0.2) is 24.0 Å². The van der Waals surface area contributed by atoms with E-state index >= 15 is 0 Å². The van der Waals surface area contributed by atoms with Crippen LogP contribution in [0.25, 0.3) is 0 Å². The van der Waals surface area contributed by atoms with Gasteiger partial charge in [-0.3, -0.25) is 4.99 Å². The highest BCUT2D eigenvalue weighted by atomic mass is 127. The van der Waals surface area contributed by atoms with Crippen molar-refractivity contribution in [3.63, 3.8) is 0 Å². The van der Waals surface area contributed by atoms with E-state index in [1.165, 1.54) is 5.01 Å². The number of rotatable bonds is 7. The number of hydrogen-bond acceptors (Lipinski definition) is 3. The molecule has 0 saturated carbocycles. The first-order chi connectivity index (χ1) is 8.99. The maximum absolute atomic E-state index is 5.80. The van der Waals surface area contributed by atoms with Gasteiger partial charge in [-0.25, -0.2) is 4.98 Å². The Balaban J connectivity index is 0.00000361. The molecule has 0 aliphatic heterocycles. The van der Waals surface area contributed by atoms with Crippen molar-refractivity contribution in [1.82, 2.24) is 10.3 Å². The molecule has 4 nitrogen and oxygen atoms in total. The van der Waals surface area contributed by atoms with E-state index in [4.69, 9.17) is 5.73 Å². The van der Waals surface area contributed by atoms with Gasteiger partial charge in [-0.1, -0.05) is 27.7 Å². The number of hydrogen-bond donors (Lipinski definition) is 2. The summed E-state index contributed by atoms with van der Waals surface area (Å²) in [7, 11) is 0. The number of guanidine groups is 1. The van der Waals surface area contributed by atoms with Gasteiger partial charge < -0.3 is 11.1 Å². The first-order valence-corrected chi connectivity index (χ1v) is 7.85. The Labute approximate surface area is 143 Å². The smallest absolute Gasteiger partial charge is 0.188 e. The first-order valence-electron chi connectivity index (χ1n) is 6.97. The molecule has 0 bridgehead atoms. The maximum atomic E-state index is 5.80. The molecule has 1 heterocycles. The zero-order chi connectivity index (χ0) is 14.3. The van der Waals surface area contributed by atoms with Gasteiger partial charge in [0.1, 0.15) is 0 Å². The van der Waals surface area contributed by atoms with Gasteiger partial charge in [0.2, 0.25) is 0 Å². The normalized spacial score (nSPS) is 11.8. The molecule has 6 heteroatoms. The molecule has 1 aromatic heterocycles. The van der Waals surface area contributed by atoms with Crippen molar-refractivity contribution in [3.05, 3.63) is 16.1 Å². The fourth-order valence-electron chi connectivity index (χ4n) is 1.52. The second-order valence-corrected chi connectivity index (χ2v) is 6.35. The maximum Gasteiger partial charge on any atom is 0.188 e. The molecule has 0 atom stereocenters. The molecule has 0 aromatic carbocycles. The molecule has 116 valence electrons. The summed E-state index contributed by atoms with van der Waals surface area (Å²) in [6, 6.07) is 0. The molecular formula is C14H27IN4S. The van der Waals surface area contributed by atoms with E-state index in [1.54, 1.807) is 11.3 Å². The monoisotopic (exact) mass is 410 g/mol. The highest BCUT2D eigenvalue weighted by molar-refractivity contribution is 14.0. The molecular weight excluding hydrogens is 383 g/mol. The summed E-state index contributed by atoms with van der Waals surface area (Å²) in [4.78, 5) is 8.88. The van der Waals surface area contributed by atoms with E-state index in [2.05, 4.69) is 48.4 Å². The Morgan fingerprint density at radius 2 is 2.10 bits per heavy atom. The van der Waals surface area contributed by atoms with Crippen molar-refractivity contribution in [2.45, 2.75) is 46.5 Å². The third-order valence-electron chi connectivity index (χ3n) is 2.74. The average Bonchev–Trinajstić information content (AvgIpc) is 2.77. The van der Waals surface area contributed by atoms with Gasteiger partial charge in [0.05, 0.1) is 10.7 Å². The summed E-state index contributed by atoms with van der Waals surface area (Å²) in [5.41, 5.74) is 6.93. The molecule has 3 N–H and O–H groups in total. The van der Waals surface area contributed by atoms with Gasteiger partial charge >= 0.3 is 0 Å². The highest BCUT2D eigenvalue weighted by Crippen LogP contribution is 2.19. The Morgan fingerprint density at radius 1 is 1.40 bits per heavy atom. The summed E-state index contributed by atoms with van der Waals surface area (Å²) >= 11 is 1.73. The second kappa shape index (κ2) is 10.4. The fraction of sp³-hybridized carbons (Fsp3) is 0.714. The Kier molecular flexibility index (Phi) is 10.2. The minimum absolute atomic E-state index is 0. The van der Waals surface area contributed by atoms with Gasteiger partial charge in [-0.05, 0) is 12.3 Å². The zero-order valence-corrected chi connectivity index (χ0v) is 16.0. The number of nitrogens with zero attached hydrogens (tertiary/aromatic N) is 2. The molecule has 0 aliphatic rings. The predicted molar refractivity (Wildman–Crippen MR) is 99.3 cm³/mol. The van der Waals surface area contributed by atoms with Gasteiger partial charge in [0, 0.05) is 30.8 Å². The number of thiazole rings is 1. The Bertz CT molecular complexity index is 402. The van der Waals surface area contributed by atoms with Crippen LogP contribution in [0.15, 0.2) is 10.4 Å².